The maximum Gasteiger partial charge on any atom is 0.244 e. The van der Waals surface area contributed by atoms with Gasteiger partial charge in [-0.05, 0) is 38.2 Å². The average Bonchev–Trinajstić information content (AvgIpc) is 3.25. The van der Waals surface area contributed by atoms with Crippen molar-refractivity contribution in [2.75, 3.05) is 17.6 Å². The zero-order valence-electron chi connectivity index (χ0n) is 14.7. The van der Waals surface area contributed by atoms with Crippen molar-refractivity contribution >= 4 is 21.7 Å². The predicted octanol–water partition coefficient (Wildman–Crippen LogP) is 2.35. The number of aryl methyl sites for hydroxylation is 2. The molecule has 26 heavy (non-hydrogen) atoms. The normalized spacial score (nSPS) is 18.1. The Kier molecular flexibility index (Phi) is 5.73. The van der Waals surface area contributed by atoms with E-state index in [1.165, 1.54) is 4.31 Å². The van der Waals surface area contributed by atoms with Gasteiger partial charge in [-0.25, -0.2) is 8.42 Å². The Morgan fingerprint density at radius 1 is 1.35 bits per heavy atom. The molecule has 0 radical (unpaired) electrons. The lowest BCUT2D eigenvalue weighted by molar-refractivity contribution is -0.119. The maximum atomic E-state index is 12.7. The van der Waals surface area contributed by atoms with Crippen LogP contribution in [0.2, 0.25) is 0 Å². The first kappa shape index (κ1) is 18.6. The van der Waals surface area contributed by atoms with Crippen molar-refractivity contribution in [3.63, 3.8) is 0 Å². The minimum atomic E-state index is -3.48. The molecule has 2 aromatic rings. The van der Waals surface area contributed by atoms with Crippen molar-refractivity contribution in [2.45, 2.75) is 38.6 Å². The van der Waals surface area contributed by atoms with Crippen molar-refractivity contribution in [1.29, 1.82) is 0 Å². The highest BCUT2D eigenvalue weighted by molar-refractivity contribution is 7.89. The van der Waals surface area contributed by atoms with Crippen LogP contribution >= 0.6 is 0 Å². The van der Waals surface area contributed by atoms with Crippen LogP contribution in [0.5, 0.6) is 0 Å². The Morgan fingerprint density at radius 3 is 2.81 bits per heavy atom. The lowest BCUT2D eigenvalue weighted by Crippen LogP contribution is -2.44. The van der Waals surface area contributed by atoms with Gasteiger partial charge in [-0.3, -0.25) is 4.79 Å². The minimum absolute atomic E-state index is 0.0365. The molecule has 1 amide bonds. The molecule has 0 saturated carbocycles. The van der Waals surface area contributed by atoms with E-state index in [2.05, 4.69) is 10.5 Å². The molecule has 1 atom stereocenters. The third kappa shape index (κ3) is 4.50. The predicted molar refractivity (Wildman–Crippen MR) is 98.1 cm³/mol. The fraction of sp³-hybridized carbons (Fsp3) is 0.444. The van der Waals surface area contributed by atoms with E-state index in [4.69, 9.17) is 4.52 Å². The molecule has 3 rings (SSSR count). The molecule has 1 aliphatic heterocycles. The molecule has 1 unspecified atom stereocenters. The van der Waals surface area contributed by atoms with Crippen molar-refractivity contribution < 1.29 is 17.7 Å². The van der Waals surface area contributed by atoms with E-state index in [0.717, 1.165) is 5.56 Å². The van der Waals surface area contributed by atoms with Gasteiger partial charge in [0.15, 0.2) is 5.82 Å². The molecular weight excluding hydrogens is 354 g/mol. The summed E-state index contributed by atoms with van der Waals surface area (Å²) in [5.41, 5.74) is 1.11. The number of amides is 1. The van der Waals surface area contributed by atoms with E-state index >= 15 is 0 Å². The number of rotatable bonds is 7. The highest BCUT2D eigenvalue weighted by Gasteiger charge is 2.38. The van der Waals surface area contributed by atoms with Crippen LogP contribution in [0.1, 0.15) is 30.6 Å². The van der Waals surface area contributed by atoms with Gasteiger partial charge < -0.3 is 9.84 Å². The summed E-state index contributed by atoms with van der Waals surface area (Å²) in [6.45, 7) is 2.10. The second-order valence-electron chi connectivity index (χ2n) is 6.49. The number of carbonyl (C=O) groups excluding carboxylic acids is 1. The summed E-state index contributed by atoms with van der Waals surface area (Å²) >= 11 is 0. The van der Waals surface area contributed by atoms with E-state index < -0.39 is 16.1 Å². The van der Waals surface area contributed by atoms with Crippen LogP contribution in [-0.4, -0.2) is 42.1 Å². The summed E-state index contributed by atoms with van der Waals surface area (Å²) in [4.78, 5) is 12.5. The zero-order valence-corrected chi connectivity index (χ0v) is 15.5. The van der Waals surface area contributed by atoms with Gasteiger partial charge in [-0.1, -0.05) is 35.5 Å². The molecule has 140 valence electrons. The fourth-order valence-electron chi connectivity index (χ4n) is 3.19. The molecule has 1 aromatic heterocycles. The monoisotopic (exact) mass is 377 g/mol. The molecule has 1 saturated heterocycles. The smallest absolute Gasteiger partial charge is 0.244 e. The lowest BCUT2D eigenvalue weighted by atomic mass is 10.1. The van der Waals surface area contributed by atoms with Crippen LogP contribution in [0.15, 0.2) is 40.9 Å². The van der Waals surface area contributed by atoms with Crippen molar-refractivity contribution in [3.05, 3.63) is 47.7 Å². The van der Waals surface area contributed by atoms with Crippen LogP contribution in [0.3, 0.4) is 0 Å². The molecule has 1 aliphatic rings. The number of nitrogens with one attached hydrogen (secondary N) is 1. The van der Waals surface area contributed by atoms with E-state index in [0.29, 0.717) is 43.8 Å². The van der Waals surface area contributed by atoms with Crippen LogP contribution < -0.4 is 5.32 Å². The first-order valence-corrected chi connectivity index (χ1v) is 10.3. The van der Waals surface area contributed by atoms with E-state index in [9.17, 15) is 13.2 Å². The molecule has 1 N–H and O–H groups in total. The largest absolute Gasteiger partial charge is 0.360 e. The molecular formula is C18H23N3O4S. The molecule has 1 fully saturated rings. The quantitative estimate of drug-likeness (QED) is 0.799. The van der Waals surface area contributed by atoms with Gasteiger partial charge in [0, 0.05) is 12.6 Å². The average molecular weight is 377 g/mol. The molecule has 1 aromatic carbocycles. The van der Waals surface area contributed by atoms with Gasteiger partial charge in [0.2, 0.25) is 15.9 Å². The second-order valence-corrected chi connectivity index (χ2v) is 8.53. The van der Waals surface area contributed by atoms with Crippen LogP contribution in [0.4, 0.5) is 5.82 Å². The Labute approximate surface area is 153 Å². The fourth-order valence-corrected chi connectivity index (χ4v) is 4.93. The number of hydrogen-bond donors (Lipinski definition) is 1. The number of hydrogen-bond acceptors (Lipinski definition) is 5. The van der Waals surface area contributed by atoms with Crippen LogP contribution in [0, 0.1) is 6.92 Å². The van der Waals surface area contributed by atoms with Crippen LogP contribution in [-0.2, 0) is 21.2 Å². The van der Waals surface area contributed by atoms with Crippen molar-refractivity contribution in [3.8, 4) is 0 Å². The number of anilines is 1. The summed E-state index contributed by atoms with van der Waals surface area (Å²) in [5.74, 6) is 0.565. The summed E-state index contributed by atoms with van der Waals surface area (Å²) in [6, 6.07) is 10.7. The summed E-state index contributed by atoms with van der Waals surface area (Å²) in [7, 11) is -3.48. The Bertz CT molecular complexity index is 848. The number of nitrogens with zero attached hydrogens (tertiary/aromatic N) is 2. The minimum Gasteiger partial charge on any atom is -0.360 e. The van der Waals surface area contributed by atoms with Crippen molar-refractivity contribution in [2.24, 2.45) is 0 Å². The van der Waals surface area contributed by atoms with Gasteiger partial charge >= 0.3 is 0 Å². The maximum absolute atomic E-state index is 12.7. The molecule has 2 heterocycles. The van der Waals surface area contributed by atoms with Gasteiger partial charge in [0.1, 0.15) is 11.8 Å². The zero-order chi connectivity index (χ0) is 18.6. The Morgan fingerprint density at radius 2 is 2.12 bits per heavy atom. The first-order chi connectivity index (χ1) is 12.5. The van der Waals surface area contributed by atoms with Gasteiger partial charge in [0.25, 0.3) is 0 Å². The third-order valence-electron chi connectivity index (χ3n) is 4.45. The van der Waals surface area contributed by atoms with E-state index in [1.54, 1.807) is 13.0 Å². The molecule has 0 bridgehead atoms. The lowest BCUT2D eigenvalue weighted by Gasteiger charge is -2.23. The topological polar surface area (TPSA) is 92.5 Å². The summed E-state index contributed by atoms with van der Waals surface area (Å²) in [6.07, 6.45) is 2.41. The number of benzene rings is 1. The Balaban J connectivity index is 1.59. The highest BCUT2D eigenvalue weighted by atomic mass is 32.2. The SMILES string of the molecule is Cc1cc(NC(=O)C2CCCN2S(=O)(=O)CCCc2ccccc2)no1. The van der Waals surface area contributed by atoms with Gasteiger partial charge in [-0.15, -0.1) is 0 Å². The van der Waals surface area contributed by atoms with E-state index in [1.807, 2.05) is 30.3 Å². The first-order valence-electron chi connectivity index (χ1n) is 8.73. The summed E-state index contributed by atoms with van der Waals surface area (Å²) in [5, 5.41) is 6.36. The van der Waals surface area contributed by atoms with Gasteiger partial charge in [0.05, 0.1) is 5.75 Å². The number of sulfonamides is 1. The molecule has 7 nitrogen and oxygen atoms in total. The number of aromatic nitrogens is 1. The number of carbonyl (C=O) groups is 1. The van der Waals surface area contributed by atoms with Crippen LogP contribution in [0.25, 0.3) is 0 Å². The summed E-state index contributed by atoms with van der Waals surface area (Å²) < 4.78 is 31.7. The van der Waals surface area contributed by atoms with E-state index in [-0.39, 0.29) is 11.7 Å². The standard InChI is InChI=1S/C18H23N3O4S/c1-14-13-17(20-25-14)19-18(22)16-10-5-11-21(16)26(23,24)12-6-9-15-7-3-2-4-8-15/h2-4,7-8,13,16H,5-6,9-12H2,1H3,(H,19,20,22). The van der Waals surface area contributed by atoms with Crippen molar-refractivity contribution in [1.82, 2.24) is 9.46 Å². The third-order valence-corrected chi connectivity index (χ3v) is 6.41. The second kappa shape index (κ2) is 8.01. The molecule has 8 heteroatoms. The van der Waals surface area contributed by atoms with Gasteiger partial charge in [-0.2, -0.15) is 4.31 Å². The Hall–Kier alpha value is -2.19. The molecule has 0 aliphatic carbocycles. The highest BCUT2D eigenvalue weighted by Crippen LogP contribution is 2.23. The molecule has 0 spiro atoms.